The van der Waals surface area contributed by atoms with Gasteiger partial charge in [0.1, 0.15) is 17.1 Å². The fraction of sp³-hybridized carbons (Fsp3) is 0.200. The number of esters is 1. The lowest BCUT2D eigenvalue weighted by Crippen LogP contribution is -2.14. The maximum absolute atomic E-state index is 12.3. The summed E-state index contributed by atoms with van der Waals surface area (Å²) in [6.45, 7) is 1.31. The van der Waals surface area contributed by atoms with Crippen LogP contribution in [0.15, 0.2) is 40.8 Å². The van der Waals surface area contributed by atoms with Gasteiger partial charge >= 0.3 is 5.97 Å². The Hall–Kier alpha value is -2.99. The van der Waals surface area contributed by atoms with Crippen LogP contribution >= 0.6 is 11.6 Å². The predicted molar refractivity (Wildman–Crippen MR) is 100 cm³/mol. The average molecular weight is 389 g/mol. The van der Waals surface area contributed by atoms with Crippen molar-refractivity contribution in [1.29, 1.82) is 0 Å². The topological polar surface area (TPSA) is 75.0 Å². The molecule has 0 saturated heterocycles. The molecule has 1 heterocycles. The lowest BCUT2D eigenvalue weighted by atomic mass is 10.1. The molecule has 2 aromatic carbocycles. The molecule has 0 bridgehead atoms. The van der Waals surface area contributed by atoms with E-state index in [1.54, 1.807) is 44.4 Å². The number of halogens is 1. The van der Waals surface area contributed by atoms with Crippen LogP contribution in [-0.2, 0) is 4.74 Å². The van der Waals surface area contributed by atoms with Crippen molar-refractivity contribution in [3.05, 3.63) is 58.3 Å². The summed E-state index contributed by atoms with van der Waals surface area (Å²) in [4.78, 5) is 24.6. The van der Waals surface area contributed by atoms with E-state index < -0.39 is 12.6 Å². The number of ketones is 1. The number of furan rings is 1. The first kappa shape index (κ1) is 18.8. The van der Waals surface area contributed by atoms with Gasteiger partial charge < -0.3 is 18.6 Å². The minimum absolute atomic E-state index is 0.0545. The Bertz CT molecular complexity index is 1020. The monoisotopic (exact) mass is 388 g/mol. The third-order valence-corrected chi connectivity index (χ3v) is 4.43. The Morgan fingerprint density at radius 2 is 1.85 bits per heavy atom. The number of hydrogen-bond acceptors (Lipinski definition) is 6. The summed E-state index contributed by atoms with van der Waals surface area (Å²) < 4.78 is 20.9. The SMILES string of the molecule is COc1ccc2oc(C(=O)OCC(=O)c3ccc(OC)c(Cl)c3)c(C)c2c1. The van der Waals surface area contributed by atoms with E-state index in [0.29, 0.717) is 33.2 Å². The quantitative estimate of drug-likeness (QED) is 0.458. The molecule has 0 unspecified atom stereocenters. The molecule has 0 saturated carbocycles. The Labute approximate surface area is 160 Å². The van der Waals surface area contributed by atoms with Crippen LogP contribution in [0.25, 0.3) is 11.0 Å². The summed E-state index contributed by atoms with van der Waals surface area (Å²) in [6, 6.07) is 9.82. The number of rotatable bonds is 6. The Morgan fingerprint density at radius 3 is 2.52 bits per heavy atom. The van der Waals surface area contributed by atoms with E-state index in [1.807, 2.05) is 0 Å². The van der Waals surface area contributed by atoms with E-state index in [4.69, 9.17) is 30.2 Å². The minimum Gasteiger partial charge on any atom is -0.497 e. The second-order valence-corrected chi connectivity index (χ2v) is 6.17. The number of Topliss-reactive ketones (excluding diaryl/α,β-unsaturated/α-hetero) is 1. The van der Waals surface area contributed by atoms with Crippen molar-refractivity contribution in [2.45, 2.75) is 6.92 Å². The van der Waals surface area contributed by atoms with Crippen LogP contribution in [-0.4, -0.2) is 32.6 Å². The van der Waals surface area contributed by atoms with Crippen LogP contribution in [0.5, 0.6) is 11.5 Å². The maximum atomic E-state index is 12.3. The number of fused-ring (bicyclic) bond motifs is 1. The maximum Gasteiger partial charge on any atom is 0.375 e. The predicted octanol–water partition coefficient (Wildman–Crippen LogP) is 4.45. The molecule has 1 aromatic heterocycles. The molecule has 0 amide bonds. The molecule has 0 aliphatic carbocycles. The van der Waals surface area contributed by atoms with Crippen molar-refractivity contribution < 1.29 is 28.2 Å². The number of carbonyl (C=O) groups is 2. The normalized spacial score (nSPS) is 10.7. The van der Waals surface area contributed by atoms with E-state index in [-0.39, 0.29) is 11.5 Å². The van der Waals surface area contributed by atoms with Gasteiger partial charge in [0.25, 0.3) is 0 Å². The fourth-order valence-electron chi connectivity index (χ4n) is 2.64. The number of methoxy groups -OCH3 is 2. The number of benzene rings is 2. The van der Waals surface area contributed by atoms with Crippen molar-refractivity contribution >= 4 is 34.3 Å². The van der Waals surface area contributed by atoms with E-state index >= 15 is 0 Å². The first-order valence-electron chi connectivity index (χ1n) is 8.05. The third kappa shape index (κ3) is 3.75. The zero-order chi connectivity index (χ0) is 19.6. The second-order valence-electron chi connectivity index (χ2n) is 5.77. The minimum atomic E-state index is -0.712. The highest BCUT2D eigenvalue weighted by atomic mass is 35.5. The first-order valence-corrected chi connectivity index (χ1v) is 8.43. The molecule has 0 radical (unpaired) electrons. The highest BCUT2D eigenvalue weighted by molar-refractivity contribution is 6.32. The summed E-state index contributed by atoms with van der Waals surface area (Å²) in [5, 5.41) is 1.05. The summed E-state index contributed by atoms with van der Waals surface area (Å²) in [6.07, 6.45) is 0. The van der Waals surface area contributed by atoms with Crippen LogP contribution in [0.4, 0.5) is 0 Å². The molecule has 7 heteroatoms. The molecule has 0 N–H and O–H groups in total. The van der Waals surface area contributed by atoms with Gasteiger partial charge in [0.15, 0.2) is 12.4 Å². The van der Waals surface area contributed by atoms with E-state index in [2.05, 4.69) is 0 Å². The standard InChI is InChI=1S/C20H17ClO6/c1-11-14-9-13(24-2)5-7-17(14)27-19(11)20(23)26-10-16(22)12-4-6-18(25-3)15(21)8-12/h4-9H,10H2,1-3H3. The van der Waals surface area contributed by atoms with Crippen LogP contribution in [0, 0.1) is 6.92 Å². The van der Waals surface area contributed by atoms with Crippen molar-refractivity contribution in [2.75, 3.05) is 20.8 Å². The molecule has 0 aliphatic heterocycles. The Balaban J connectivity index is 1.74. The number of hydrogen-bond donors (Lipinski definition) is 0. The molecule has 3 rings (SSSR count). The zero-order valence-corrected chi connectivity index (χ0v) is 15.8. The number of aryl methyl sites for hydroxylation is 1. The molecule has 140 valence electrons. The van der Waals surface area contributed by atoms with Crippen LogP contribution in [0.3, 0.4) is 0 Å². The molecule has 0 atom stereocenters. The lowest BCUT2D eigenvalue weighted by molar-refractivity contribution is 0.0445. The van der Waals surface area contributed by atoms with Gasteiger partial charge in [0, 0.05) is 16.5 Å². The lowest BCUT2D eigenvalue weighted by Gasteiger charge is -2.06. The van der Waals surface area contributed by atoms with Crippen molar-refractivity contribution in [2.24, 2.45) is 0 Å². The number of carbonyl (C=O) groups excluding carboxylic acids is 2. The third-order valence-electron chi connectivity index (χ3n) is 4.14. The van der Waals surface area contributed by atoms with E-state index in [9.17, 15) is 9.59 Å². The molecular weight excluding hydrogens is 372 g/mol. The van der Waals surface area contributed by atoms with Gasteiger partial charge in [-0.2, -0.15) is 0 Å². The number of ether oxygens (including phenoxy) is 3. The molecular formula is C20H17ClO6. The largest absolute Gasteiger partial charge is 0.497 e. The average Bonchev–Trinajstić information content (AvgIpc) is 3.01. The van der Waals surface area contributed by atoms with E-state index in [0.717, 1.165) is 5.39 Å². The molecule has 27 heavy (non-hydrogen) atoms. The van der Waals surface area contributed by atoms with Gasteiger partial charge in [-0.05, 0) is 43.3 Å². The summed E-state index contributed by atoms with van der Waals surface area (Å²) >= 11 is 6.01. The van der Waals surface area contributed by atoms with Gasteiger partial charge in [0.05, 0.1) is 19.2 Å². The van der Waals surface area contributed by atoms with Gasteiger partial charge in [-0.25, -0.2) is 4.79 Å². The molecule has 6 nitrogen and oxygen atoms in total. The highest BCUT2D eigenvalue weighted by Gasteiger charge is 2.21. The van der Waals surface area contributed by atoms with Gasteiger partial charge in [-0.15, -0.1) is 0 Å². The second kappa shape index (κ2) is 7.72. The summed E-state index contributed by atoms with van der Waals surface area (Å²) in [7, 11) is 3.04. The van der Waals surface area contributed by atoms with Crippen molar-refractivity contribution in [1.82, 2.24) is 0 Å². The van der Waals surface area contributed by atoms with Crippen LogP contribution in [0.1, 0.15) is 26.5 Å². The Kier molecular flexibility index (Phi) is 5.37. The molecule has 3 aromatic rings. The van der Waals surface area contributed by atoms with Gasteiger partial charge in [0.2, 0.25) is 5.76 Å². The Morgan fingerprint density at radius 1 is 1.07 bits per heavy atom. The van der Waals surface area contributed by atoms with Crippen LogP contribution in [0.2, 0.25) is 5.02 Å². The highest BCUT2D eigenvalue weighted by Crippen LogP contribution is 2.29. The first-order chi connectivity index (χ1) is 12.9. The van der Waals surface area contributed by atoms with Crippen LogP contribution < -0.4 is 9.47 Å². The summed E-state index contributed by atoms with van der Waals surface area (Å²) in [5.74, 6) is 0.0641. The van der Waals surface area contributed by atoms with Crippen molar-refractivity contribution in [3.63, 3.8) is 0 Å². The fourth-order valence-corrected chi connectivity index (χ4v) is 2.90. The van der Waals surface area contributed by atoms with E-state index in [1.165, 1.54) is 13.2 Å². The van der Waals surface area contributed by atoms with Crippen molar-refractivity contribution in [3.8, 4) is 11.5 Å². The smallest absolute Gasteiger partial charge is 0.375 e. The molecule has 0 spiro atoms. The molecule has 0 aliphatic rings. The van der Waals surface area contributed by atoms with Gasteiger partial charge in [-0.1, -0.05) is 11.6 Å². The summed E-state index contributed by atoms with van der Waals surface area (Å²) in [5.41, 5.74) is 1.47. The molecule has 0 fully saturated rings. The van der Waals surface area contributed by atoms with Gasteiger partial charge in [-0.3, -0.25) is 4.79 Å². The zero-order valence-electron chi connectivity index (χ0n) is 15.0.